The summed E-state index contributed by atoms with van der Waals surface area (Å²) >= 11 is 0. The maximum atomic E-state index is 11.9. The third-order valence-corrected chi connectivity index (χ3v) is 8.10. The molecule has 212 valence electrons. The zero-order chi connectivity index (χ0) is 25.9. The number of rotatable bonds is 28. The molecular formula is C34H64O2. The Labute approximate surface area is 226 Å². The molecule has 0 radical (unpaired) electrons. The molecule has 1 heterocycles. The smallest absolute Gasteiger partial charge is 0.321 e. The van der Waals surface area contributed by atoms with E-state index in [1.165, 1.54) is 167 Å². The van der Waals surface area contributed by atoms with E-state index >= 15 is 0 Å². The highest BCUT2D eigenvalue weighted by Crippen LogP contribution is 2.32. The van der Waals surface area contributed by atoms with Gasteiger partial charge in [-0.25, -0.2) is 0 Å². The van der Waals surface area contributed by atoms with Crippen molar-refractivity contribution in [2.45, 2.75) is 194 Å². The van der Waals surface area contributed by atoms with Crippen LogP contribution >= 0.6 is 0 Å². The van der Waals surface area contributed by atoms with Crippen molar-refractivity contribution < 1.29 is 9.53 Å². The van der Waals surface area contributed by atoms with E-state index in [-0.39, 0.29) is 11.9 Å². The van der Waals surface area contributed by atoms with Crippen LogP contribution in [0.15, 0.2) is 11.8 Å². The van der Waals surface area contributed by atoms with E-state index in [0.717, 1.165) is 18.6 Å². The molecule has 1 atom stereocenters. The summed E-state index contributed by atoms with van der Waals surface area (Å²) < 4.78 is 5.35. The highest BCUT2D eigenvalue weighted by molar-refractivity contribution is 5.82. The standard InChI is InChI=1S/C34H64O2/c1-3-5-7-9-11-13-15-17-19-21-23-25-27-29-31-33-32(34(35)36-33)30-28-26-24-22-20-18-16-14-12-10-8-6-4-2/h31-32H,3-30H2,1-2H3/b33-31-. The molecule has 1 saturated heterocycles. The first-order valence-electron chi connectivity index (χ1n) is 16.7. The molecule has 36 heavy (non-hydrogen) atoms. The molecule has 0 aromatic heterocycles. The largest absolute Gasteiger partial charge is 0.430 e. The highest BCUT2D eigenvalue weighted by atomic mass is 16.6. The topological polar surface area (TPSA) is 26.3 Å². The van der Waals surface area contributed by atoms with Crippen molar-refractivity contribution >= 4 is 5.97 Å². The summed E-state index contributed by atoms with van der Waals surface area (Å²) in [5.41, 5.74) is 0. The van der Waals surface area contributed by atoms with Crippen molar-refractivity contribution in [3.05, 3.63) is 11.8 Å². The van der Waals surface area contributed by atoms with Gasteiger partial charge < -0.3 is 4.74 Å². The molecule has 1 aliphatic rings. The number of cyclic esters (lactones) is 1. The minimum atomic E-state index is 0.0190. The number of unbranched alkanes of at least 4 members (excludes halogenated alkanes) is 25. The Hall–Kier alpha value is -0.790. The average molecular weight is 505 g/mol. The predicted molar refractivity (Wildman–Crippen MR) is 158 cm³/mol. The van der Waals surface area contributed by atoms with Gasteiger partial charge in [-0.15, -0.1) is 0 Å². The van der Waals surface area contributed by atoms with Gasteiger partial charge in [0.15, 0.2) is 0 Å². The van der Waals surface area contributed by atoms with Gasteiger partial charge in [0.1, 0.15) is 11.7 Å². The lowest BCUT2D eigenvalue weighted by molar-refractivity contribution is -0.157. The summed E-state index contributed by atoms with van der Waals surface area (Å²) in [5, 5.41) is 0. The van der Waals surface area contributed by atoms with Crippen molar-refractivity contribution in [1.82, 2.24) is 0 Å². The minimum Gasteiger partial charge on any atom is -0.430 e. The Bertz CT molecular complexity index is 509. The Morgan fingerprint density at radius 1 is 0.500 bits per heavy atom. The first-order valence-corrected chi connectivity index (χ1v) is 16.7. The fourth-order valence-electron chi connectivity index (χ4n) is 5.53. The van der Waals surface area contributed by atoms with Gasteiger partial charge in [-0.3, -0.25) is 4.79 Å². The zero-order valence-electron chi connectivity index (χ0n) is 24.8. The van der Waals surface area contributed by atoms with Crippen molar-refractivity contribution in [2.24, 2.45) is 5.92 Å². The van der Waals surface area contributed by atoms with Crippen LogP contribution in [0.3, 0.4) is 0 Å². The highest BCUT2D eigenvalue weighted by Gasteiger charge is 2.36. The lowest BCUT2D eigenvalue weighted by Crippen LogP contribution is -2.32. The molecule has 0 bridgehead atoms. The van der Waals surface area contributed by atoms with Gasteiger partial charge in [-0.2, -0.15) is 0 Å². The minimum absolute atomic E-state index is 0.0190. The van der Waals surface area contributed by atoms with E-state index in [4.69, 9.17) is 4.74 Å². The molecule has 0 amide bonds. The number of carbonyl (C=O) groups excluding carboxylic acids is 1. The van der Waals surface area contributed by atoms with Crippen molar-refractivity contribution in [1.29, 1.82) is 0 Å². The molecule has 0 spiro atoms. The van der Waals surface area contributed by atoms with Crippen LogP contribution in [0, 0.1) is 5.92 Å². The Morgan fingerprint density at radius 3 is 1.19 bits per heavy atom. The number of allylic oxidation sites excluding steroid dienone is 1. The van der Waals surface area contributed by atoms with E-state index in [1.54, 1.807) is 0 Å². The van der Waals surface area contributed by atoms with Crippen LogP contribution in [0.2, 0.25) is 0 Å². The molecule has 1 rings (SSSR count). The van der Waals surface area contributed by atoms with Crippen LogP contribution in [0.4, 0.5) is 0 Å². The molecule has 2 nitrogen and oxygen atoms in total. The number of hydrogen-bond donors (Lipinski definition) is 0. The molecule has 1 fully saturated rings. The van der Waals surface area contributed by atoms with Gasteiger partial charge in [0, 0.05) is 0 Å². The maximum absolute atomic E-state index is 11.9. The van der Waals surface area contributed by atoms with Crippen LogP contribution in [0.1, 0.15) is 194 Å². The normalized spacial score (nSPS) is 16.4. The summed E-state index contributed by atoms with van der Waals surface area (Å²) in [5.74, 6) is 1.09. The van der Waals surface area contributed by atoms with Crippen LogP contribution < -0.4 is 0 Å². The number of esters is 1. The van der Waals surface area contributed by atoms with Crippen molar-refractivity contribution in [2.75, 3.05) is 0 Å². The Balaban J connectivity index is 1.86. The van der Waals surface area contributed by atoms with Gasteiger partial charge >= 0.3 is 5.97 Å². The van der Waals surface area contributed by atoms with Crippen LogP contribution in [0.25, 0.3) is 0 Å². The third-order valence-electron chi connectivity index (χ3n) is 8.10. The van der Waals surface area contributed by atoms with Gasteiger partial charge in [0.2, 0.25) is 0 Å². The fraction of sp³-hybridized carbons (Fsp3) is 0.912. The monoisotopic (exact) mass is 504 g/mol. The van der Waals surface area contributed by atoms with Crippen LogP contribution in [-0.2, 0) is 9.53 Å². The average Bonchev–Trinajstić information content (AvgIpc) is 2.88. The van der Waals surface area contributed by atoms with Crippen molar-refractivity contribution in [3.63, 3.8) is 0 Å². The lowest BCUT2D eigenvalue weighted by atomic mass is 9.93. The molecule has 0 saturated carbocycles. The summed E-state index contributed by atoms with van der Waals surface area (Å²) in [6.07, 6.45) is 40.3. The zero-order valence-corrected chi connectivity index (χ0v) is 24.8. The Morgan fingerprint density at radius 2 is 0.833 bits per heavy atom. The molecule has 1 aliphatic heterocycles. The van der Waals surface area contributed by atoms with E-state index in [2.05, 4.69) is 19.9 Å². The van der Waals surface area contributed by atoms with Crippen LogP contribution in [0.5, 0.6) is 0 Å². The summed E-state index contributed by atoms with van der Waals surface area (Å²) in [6, 6.07) is 0. The van der Waals surface area contributed by atoms with Gasteiger partial charge in [0.05, 0.1) is 0 Å². The molecule has 0 aliphatic carbocycles. The van der Waals surface area contributed by atoms with Gasteiger partial charge in [-0.1, -0.05) is 174 Å². The molecule has 2 heteroatoms. The molecule has 1 unspecified atom stereocenters. The summed E-state index contributed by atoms with van der Waals surface area (Å²) in [4.78, 5) is 11.9. The molecule has 0 aromatic rings. The fourth-order valence-corrected chi connectivity index (χ4v) is 5.53. The molecule has 0 aromatic carbocycles. The summed E-state index contributed by atoms with van der Waals surface area (Å²) in [7, 11) is 0. The summed E-state index contributed by atoms with van der Waals surface area (Å²) in [6.45, 7) is 4.58. The number of hydrogen-bond acceptors (Lipinski definition) is 2. The number of ether oxygens (including phenoxy) is 1. The second-order valence-electron chi connectivity index (χ2n) is 11.6. The first kappa shape index (κ1) is 33.2. The third kappa shape index (κ3) is 19.3. The van der Waals surface area contributed by atoms with Crippen LogP contribution in [-0.4, -0.2) is 5.97 Å². The lowest BCUT2D eigenvalue weighted by Gasteiger charge is -2.28. The quantitative estimate of drug-likeness (QED) is 0.0782. The second kappa shape index (κ2) is 25.8. The number of carbonyl (C=O) groups is 1. The first-order chi connectivity index (χ1) is 17.8. The second-order valence-corrected chi connectivity index (χ2v) is 11.6. The maximum Gasteiger partial charge on any atom is 0.321 e. The van der Waals surface area contributed by atoms with E-state index in [9.17, 15) is 4.79 Å². The molecular weight excluding hydrogens is 440 g/mol. The van der Waals surface area contributed by atoms with E-state index in [1.807, 2.05) is 0 Å². The Kier molecular flexibility index (Phi) is 23.9. The SMILES string of the molecule is CCCCCCCCCCCCCCC/C=C1\OC(=O)C1CCCCCCCCCCCCCCC. The van der Waals surface area contributed by atoms with E-state index < -0.39 is 0 Å². The van der Waals surface area contributed by atoms with Gasteiger partial charge in [-0.05, 0) is 25.3 Å². The van der Waals surface area contributed by atoms with Crippen molar-refractivity contribution in [3.8, 4) is 0 Å². The molecule has 0 N–H and O–H groups in total. The predicted octanol–water partition coefficient (Wildman–Crippen LogP) is 12.0. The van der Waals surface area contributed by atoms with E-state index in [0.29, 0.717) is 0 Å². The van der Waals surface area contributed by atoms with Gasteiger partial charge in [0.25, 0.3) is 0 Å².